The third-order valence-corrected chi connectivity index (χ3v) is 3.02. The number of ether oxygens (including phenoxy) is 2. The van der Waals surface area contributed by atoms with Crippen LogP contribution in [-0.2, 0) is 0 Å². The molecule has 1 aliphatic heterocycles. The number of carbonyl (C=O) groups excluding carboxylic acids is 1. The third kappa shape index (κ3) is 3.68. The zero-order valence-corrected chi connectivity index (χ0v) is 13.2. The minimum Gasteiger partial charge on any atom is -0.454 e. The molecule has 1 amide bonds. The van der Waals surface area contributed by atoms with Gasteiger partial charge in [-0.2, -0.15) is 0 Å². The first-order valence-corrected chi connectivity index (χ1v) is 7.22. The zero-order chi connectivity index (χ0) is 16.4. The lowest BCUT2D eigenvalue weighted by atomic mass is 10.1. The molecule has 1 aromatic carbocycles. The molecule has 0 aliphatic carbocycles. The van der Waals surface area contributed by atoms with Gasteiger partial charge in [0.05, 0.1) is 12.4 Å². The van der Waals surface area contributed by atoms with Gasteiger partial charge < -0.3 is 20.1 Å². The number of anilines is 2. The molecule has 0 atom stereocenters. The molecule has 0 radical (unpaired) electrons. The van der Waals surface area contributed by atoms with Crippen molar-refractivity contribution in [1.29, 1.82) is 0 Å². The van der Waals surface area contributed by atoms with Crippen LogP contribution in [0.5, 0.6) is 11.5 Å². The van der Waals surface area contributed by atoms with Gasteiger partial charge in [0.25, 0.3) is 5.91 Å². The van der Waals surface area contributed by atoms with Crippen molar-refractivity contribution in [1.82, 2.24) is 15.3 Å². The second-order valence-electron chi connectivity index (χ2n) is 6.18. The Kier molecular flexibility index (Phi) is 3.77. The van der Waals surface area contributed by atoms with E-state index in [4.69, 9.17) is 9.47 Å². The van der Waals surface area contributed by atoms with Crippen LogP contribution in [0.1, 0.15) is 31.3 Å². The maximum atomic E-state index is 12.0. The Morgan fingerprint density at radius 3 is 2.61 bits per heavy atom. The van der Waals surface area contributed by atoms with E-state index in [-0.39, 0.29) is 23.9 Å². The first-order valence-electron chi connectivity index (χ1n) is 7.22. The van der Waals surface area contributed by atoms with Crippen LogP contribution in [0.3, 0.4) is 0 Å². The van der Waals surface area contributed by atoms with E-state index in [0.717, 1.165) is 11.4 Å². The first kappa shape index (κ1) is 15.1. The number of nitrogens with one attached hydrogen (secondary N) is 2. The first-order chi connectivity index (χ1) is 10.9. The van der Waals surface area contributed by atoms with E-state index >= 15 is 0 Å². The van der Waals surface area contributed by atoms with Gasteiger partial charge in [-0.05, 0) is 32.9 Å². The SMILES string of the molecule is CC(C)(C)NC(=O)c1cnc(Nc2ccc3c(c2)OCO3)cn1. The second kappa shape index (κ2) is 5.75. The van der Waals surface area contributed by atoms with Gasteiger partial charge in [0.2, 0.25) is 6.79 Å². The van der Waals surface area contributed by atoms with Crippen LogP contribution in [0.4, 0.5) is 11.5 Å². The number of hydrogen-bond donors (Lipinski definition) is 2. The van der Waals surface area contributed by atoms with Crippen LogP contribution in [0.25, 0.3) is 0 Å². The van der Waals surface area contributed by atoms with Crippen molar-refractivity contribution in [3.05, 3.63) is 36.3 Å². The molecule has 0 unspecified atom stereocenters. The number of benzene rings is 1. The molecule has 3 rings (SSSR count). The molecular weight excluding hydrogens is 296 g/mol. The maximum absolute atomic E-state index is 12.0. The number of carbonyl (C=O) groups is 1. The number of hydrogen-bond acceptors (Lipinski definition) is 6. The predicted octanol–water partition coefficient (Wildman–Crippen LogP) is 2.48. The van der Waals surface area contributed by atoms with Gasteiger partial charge >= 0.3 is 0 Å². The van der Waals surface area contributed by atoms with Crippen molar-refractivity contribution >= 4 is 17.4 Å². The smallest absolute Gasteiger partial charge is 0.271 e. The summed E-state index contributed by atoms with van der Waals surface area (Å²) in [7, 11) is 0. The molecule has 7 nitrogen and oxygen atoms in total. The van der Waals surface area contributed by atoms with E-state index < -0.39 is 0 Å². The van der Waals surface area contributed by atoms with Crippen molar-refractivity contribution in [2.75, 3.05) is 12.1 Å². The van der Waals surface area contributed by atoms with E-state index in [2.05, 4.69) is 20.6 Å². The largest absolute Gasteiger partial charge is 0.454 e. The van der Waals surface area contributed by atoms with Crippen molar-refractivity contribution < 1.29 is 14.3 Å². The summed E-state index contributed by atoms with van der Waals surface area (Å²) < 4.78 is 10.6. The Morgan fingerprint density at radius 2 is 1.91 bits per heavy atom. The molecule has 2 aromatic rings. The van der Waals surface area contributed by atoms with Crippen LogP contribution < -0.4 is 20.1 Å². The Hall–Kier alpha value is -2.83. The van der Waals surface area contributed by atoms with Crippen molar-refractivity contribution in [3.8, 4) is 11.5 Å². The van der Waals surface area contributed by atoms with E-state index in [1.165, 1.54) is 12.4 Å². The number of amides is 1. The molecule has 1 aliphatic rings. The van der Waals surface area contributed by atoms with Crippen LogP contribution in [0, 0.1) is 0 Å². The summed E-state index contributed by atoms with van der Waals surface area (Å²) in [6.07, 6.45) is 2.96. The summed E-state index contributed by atoms with van der Waals surface area (Å²) in [5, 5.41) is 5.95. The van der Waals surface area contributed by atoms with Gasteiger partial charge in [-0.25, -0.2) is 9.97 Å². The second-order valence-corrected chi connectivity index (χ2v) is 6.18. The Balaban J connectivity index is 1.69. The van der Waals surface area contributed by atoms with Gasteiger partial charge in [-0.3, -0.25) is 4.79 Å². The summed E-state index contributed by atoms with van der Waals surface area (Å²) in [4.78, 5) is 20.3. The molecule has 7 heteroatoms. The Bertz CT molecular complexity index is 723. The molecule has 0 saturated carbocycles. The zero-order valence-electron chi connectivity index (χ0n) is 13.2. The monoisotopic (exact) mass is 314 g/mol. The standard InChI is InChI=1S/C16H18N4O3/c1-16(2,3)20-15(21)11-7-18-14(8-17-11)19-10-4-5-12-13(6-10)23-9-22-12/h4-8H,9H2,1-3H3,(H,18,19)(H,20,21). The van der Waals surface area contributed by atoms with E-state index in [0.29, 0.717) is 11.6 Å². The normalized spacial score (nSPS) is 12.8. The average Bonchev–Trinajstić information content (AvgIpc) is 2.94. The van der Waals surface area contributed by atoms with Crippen LogP contribution in [0.15, 0.2) is 30.6 Å². The highest BCUT2D eigenvalue weighted by Gasteiger charge is 2.17. The molecule has 120 valence electrons. The molecule has 2 N–H and O–H groups in total. The summed E-state index contributed by atoms with van der Waals surface area (Å²) >= 11 is 0. The maximum Gasteiger partial charge on any atom is 0.271 e. The van der Waals surface area contributed by atoms with Crippen LogP contribution in [0.2, 0.25) is 0 Å². The number of fused-ring (bicyclic) bond motifs is 1. The predicted molar refractivity (Wildman–Crippen MR) is 85.1 cm³/mol. The molecule has 0 bridgehead atoms. The van der Waals surface area contributed by atoms with Crippen LogP contribution in [-0.4, -0.2) is 28.2 Å². The van der Waals surface area contributed by atoms with E-state index in [9.17, 15) is 4.79 Å². The number of nitrogens with zero attached hydrogens (tertiary/aromatic N) is 2. The minimum absolute atomic E-state index is 0.232. The van der Waals surface area contributed by atoms with E-state index in [1.54, 1.807) is 0 Å². The molecular formula is C16H18N4O3. The van der Waals surface area contributed by atoms with Crippen molar-refractivity contribution in [2.45, 2.75) is 26.3 Å². The fraction of sp³-hybridized carbons (Fsp3) is 0.312. The summed E-state index contributed by atoms with van der Waals surface area (Å²) in [5.74, 6) is 1.69. The van der Waals surface area contributed by atoms with Gasteiger partial charge in [0.15, 0.2) is 11.5 Å². The lowest BCUT2D eigenvalue weighted by Crippen LogP contribution is -2.40. The number of rotatable bonds is 3. The quantitative estimate of drug-likeness (QED) is 0.905. The van der Waals surface area contributed by atoms with Crippen molar-refractivity contribution in [2.24, 2.45) is 0 Å². The summed E-state index contributed by atoms with van der Waals surface area (Å²) in [5.41, 5.74) is 0.758. The molecule has 0 saturated heterocycles. The number of aromatic nitrogens is 2. The molecule has 1 aromatic heterocycles. The third-order valence-electron chi connectivity index (χ3n) is 3.02. The Labute approximate surface area is 134 Å². The Morgan fingerprint density at radius 1 is 1.13 bits per heavy atom. The van der Waals surface area contributed by atoms with Gasteiger partial charge in [-0.1, -0.05) is 0 Å². The topological polar surface area (TPSA) is 85.4 Å². The molecule has 0 spiro atoms. The van der Waals surface area contributed by atoms with Gasteiger partial charge in [-0.15, -0.1) is 0 Å². The molecule has 23 heavy (non-hydrogen) atoms. The minimum atomic E-state index is -0.317. The van der Waals surface area contributed by atoms with E-state index in [1.807, 2.05) is 39.0 Å². The highest BCUT2D eigenvalue weighted by atomic mass is 16.7. The molecule has 0 fully saturated rings. The molecule has 2 heterocycles. The van der Waals surface area contributed by atoms with Crippen LogP contribution >= 0.6 is 0 Å². The lowest BCUT2D eigenvalue weighted by molar-refractivity contribution is 0.0914. The van der Waals surface area contributed by atoms with Crippen molar-refractivity contribution in [3.63, 3.8) is 0 Å². The highest BCUT2D eigenvalue weighted by molar-refractivity contribution is 5.92. The summed E-state index contributed by atoms with van der Waals surface area (Å²) in [6, 6.07) is 5.50. The highest BCUT2D eigenvalue weighted by Crippen LogP contribution is 2.34. The fourth-order valence-electron chi connectivity index (χ4n) is 2.04. The summed E-state index contributed by atoms with van der Waals surface area (Å²) in [6.45, 7) is 5.96. The average molecular weight is 314 g/mol. The fourth-order valence-corrected chi connectivity index (χ4v) is 2.04. The van der Waals surface area contributed by atoms with Gasteiger partial charge in [0, 0.05) is 17.3 Å². The lowest BCUT2D eigenvalue weighted by Gasteiger charge is -2.19. The van der Waals surface area contributed by atoms with Gasteiger partial charge in [0.1, 0.15) is 11.5 Å².